The van der Waals surface area contributed by atoms with E-state index in [0.717, 1.165) is 38.5 Å². The number of benzene rings is 1. The summed E-state index contributed by atoms with van der Waals surface area (Å²) in [6, 6.07) is 7.67. The molecule has 0 aliphatic carbocycles. The lowest BCUT2D eigenvalue weighted by Crippen LogP contribution is -2.30. The van der Waals surface area contributed by atoms with Crippen LogP contribution in [0.5, 0.6) is 5.75 Å². The Balaban J connectivity index is 1.63. The van der Waals surface area contributed by atoms with Gasteiger partial charge in [-0.15, -0.1) is 0 Å². The van der Waals surface area contributed by atoms with Gasteiger partial charge in [0, 0.05) is 5.92 Å². The van der Waals surface area contributed by atoms with E-state index in [-0.39, 0.29) is 24.2 Å². The molecule has 0 radical (unpaired) electrons. The van der Waals surface area contributed by atoms with E-state index in [1.807, 2.05) is 30.3 Å². The number of unbranched alkanes of at least 4 members (excludes halogenated alkanes) is 1. The highest BCUT2D eigenvalue weighted by Crippen LogP contribution is 2.46. The van der Waals surface area contributed by atoms with Crippen LogP contribution in [0.15, 0.2) is 36.4 Å². The number of hydrogen-bond acceptors (Lipinski definition) is 4. The zero-order valence-corrected chi connectivity index (χ0v) is 18.4. The molecular formula is C25H36O5. The van der Waals surface area contributed by atoms with Crippen molar-refractivity contribution >= 4 is 5.97 Å². The first-order valence-corrected chi connectivity index (χ1v) is 11.3. The van der Waals surface area contributed by atoms with Gasteiger partial charge in [0.1, 0.15) is 5.75 Å². The summed E-state index contributed by atoms with van der Waals surface area (Å²) in [7, 11) is 0. The fourth-order valence-electron chi connectivity index (χ4n) is 4.76. The highest BCUT2D eigenvalue weighted by atomic mass is 16.5. The normalized spacial score (nSPS) is 26.9. The predicted molar refractivity (Wildman–Crippen MR) is 117 cm³/mol. The summed E-state index contributed by atoms with van der Waals surface area (Å²) in [5.74, 6) is 0.312. The van der Waals surface area contributed by atoms with Crippen molar-refractivity contribution in [2.45, 2.75) is 77.6 Å². The number of rotatable bonds is 11. The fourth-order valence-corrected chi connectivity index (χ4v) is 4.76. The fraction of sp³-hybridized carbons (Fsp3) is 0.640. The van der Waals surface area contributed by atoms with Crippen LogP contribution in [0.1, 0.15) is 58.4 Å². The van der Waals surface area contributed by atoms with Gasteiger partial charge in [-0.1, -0.05) is 57.9 Å². The molecule has 1 unspecified atom stereocenters. The first-order chi connectivity index (χ1) is 14.3. The van der Waals surface area contributed by atoms with Gasteiger partial charge in [-0.2, -0.15) is 0 Å². The summed E-state index contributed by atoms with van der Waals surface area (Å²) in [6.45, 7) is 6.13. The first kappa shape index (κ1) is 22.8. The minimum Gasteiger partial charge on any atom is -0.482 e. The third-order valence-electron chi connectivity index (χ3n) is 6.73. The van der Waals surface area contributed by atoms with Gasteiger partial charge in [0.25, 0.3) is 0 Å². The lowest BCUT2D eigenvalue weighted by molar-refractivity contribution is -0.139. The molecule has 30 heavy (non-hydrogen) atoms. The summed E-state index contributed by atoms with van der Waals surface area (Å²) in [5, 5.41) is 19.5. The van der Waals surface area contributed by atoms with Gasteiger partial charge in [0.05, 0.1) is 18.3 Å². The van der Waals surface area contributed by atoms with Crippen LogP contribution in [0.3, 0.4) is 0 Å². The number of ether oxygens (including phenoxy) is 2. The largest absolute Gasteiger partial charge is 0.482 e. The van der Waals surface area contributed by atoms with Crippen molar-refractivity contribution in [3.63, 3.8) is 0 Å². The molecule has 2 N–H and O–H groups in total. The van der Waals surface area contributed by atoms with Gasteiger partial charge in [-0.25, -0.2) is 4.79 Å². The Morgan fingerprint density at radius 2 is 1.97 bits per heavy atom. The predicted octanol–water partition coefficient (Wildman–Crippen LogP) is 4.62. The molecule has 1 aromatic carbocycles. The lowest BCUT2D eigenvalue weighted by atomic mass is 9.75. The molecule has 0 amide bonds. The van der Waals surface area contributed by atoms with Crippen LogP contribution in [-0.4, -0.2) is 41.1 Å². The van der Waals surface area contributed by atoms with E-state index in [2.05, 4.69) is 26.8 Å². The zero-order valence-electron chi connectivity index (χ0n) is 18.4. The second-order valence-electron chi connectivity index (χ2n) is 9.48. The molecule has 1 aromatic rings. The van der Waals surface area contributed by atoms with Crippen LogP contribution in [0.25, 0.3) is 0 Å². The molecule has 5 atom stereocenters. The molecule has 3 rings (SSSR count). The maximum atomic E-state index is 10.7. The van der Waals surface area contributed by atoms with Crippen LogP contribution in [0.4, 0.5) is 0 Å². The summed E-state index contributed by atoms with van der Waals surface area (Å²) in [5.41, 5.74) is 1.08. The van der Waals surface area contributed by atoms with Gasteiger partial charge >= 0.3 is 5.97 Å². The average molecular weight is 417 g/mol. The monoisotopic (exact) mass is 416 g/mol. The van der Waals surface area contributed by atoms with Crippen LogP contribution in [0.2, 0.25) is 0 Å². The molecule has 5 heteroatoms. The second kappa shape index (κ2) is 9.97. The number of fused-ring (bicyclic) bond motifs is 2. The van der Waals surface area contributed by atoms with Crippen LogP contribution in [0, 0.1) is 17.3 Å². The van der Waals surface area contributed by atoms with Crippen molar-refractivity contribution in [1.29, 1.82) is 0 Å². The number of carboxylic acids is 1. The quantitative estimate of drug-likeness (QED) is 0.515. The van der Waals surface area contributed by atoms with E-state index < -0.39 is 12.1 Å². The minimum absolute atomic E-state index is 0.119. The molecule has 5 nitrogen and oxygen atoms in total. The average Bonchev–Trinajstić information content (AvgIpc) is 3.32. The molecule has 2 saturated heterocycles. The third kappa shape index (κ3) is 5.64. The van der Waals surface area contributed by atoms with E-state index in [1.165, 1.54) is 5.56 Å². The van der Waals surface area contributed by atoms with Gasteiger partial charge < -0.3 is 19.7 Å². The third-order valence-corrected chi connectivity index (χ3v) is 6.73. The number of hydrogen-bond donors (Lipinski definition) is 2. The Morgan fingerprint density at radius 3 is 2.63 bits per heavy atom. The van der Waals surface area contributed by atoms with Gasteiger partial charge in [-0.3, -0.25) is 0 Å². The van der Waals surface area contributed by atoms with Gasteiger partial charge in [0.2, 0.25) is 0 Å². The molecule has 0 aromatic heterocycles. The van der Waals surface area contributed by atoms with Gasteiger partial charge in [-0.05, 0) is 54.7 Å². The van der Waals surface area contributed by atoms with Crippen molar-refractivity contribution in [3.05, 3.63) is 42.0 Å². The summed E-state index contributed by atoms with van der Waals surface area (Å²) >= 11 is 0. The topological polar surface area (TPSA) is 76.0 Å². The van der Waals surface area contributed by atoms with E-state index >= 15 is 0 Å². The maximum absolute atomic E-state index is 10.7. The van der Waals surface area contributed by atoms with Crippen LogP contribution in [-0.2, 0) is 16.0 Å². The van der Waals surface area contributed by atoms with E-state index in [1.54, 1.807) is 0 Å². The molecule has 0 spiro atoms. The lowest BCUT2D eigenvalue weighted by Gasteiger charge is -2.30. The van der Waals surface area contributed by atoms with Crippen LogP contribution >= 0.6 is 0 Å². The summed E-state index contributed by atoms with van der Waals surface area (Å²) in [4.78, 5) is 10.6. The zero-order chi connectivity index (χ0) is 21.7. The summed E-state index contributed by atoms with van der Waals surface area (Å²) in [6.07, 6.45) is 10.7. The number of carboxylic acid groups (broad SMARTS) is 1. The molecule has 2 heterocycles. The molecule has 2 aliphatic rings. The van der Waals surface area contributed by atoms with E-state index in [4.69, 9.17) is 14.6 Å². The Bertz CT molecular complexity index is 724. The van der Waals surface area contributed by atoms with Crippen molar-refractivity contribution in [2.24, 2.45) is 17.3 Å². The van der Waals surface area contributed by atoms with Gasteiger partial charge in [0.15, 0.2) is 6.61 Å². The van der Waals surface area contributed by atoms with Crippen molar-refractivity contribution in [2.75, 3.05) is 6.61 Å². The van der Waals surface area contributed by atoms with E-state index in [9.17, 15) is 9.90 Å². The highest BCUT2D eigenvalue weighted by Gasteiger charge is 2.47. The Labute approximate surface area is 180 Å². The van der Waals surface area contributed by atoms with Crippen molar-refractivity contribution < 1.29 is 24.5 Å². The molecule has 0 saturated carbocycles. The number of aliphatic hydroxyl groups excluding tert-OH is 1. The Morgan fingerprint density at radius 1 is 1.27 bits per heavy atom. The molecule has 2 fully saturated rings. The van der Waals surface area contributed by atoms with Crippen LogP contribution < -0.4 is 4.74 Å². The number of aliphatic carboxylic acids is 1. The molecular weight excluding hydrogens is 380 g/mol. The second-order valence-corrected chi connectivity index (χ2v) is 9.48. The smallest absolute Gasteiger partial charge is 0.341 e. The molecule has 2 bridgehead atoms. The Kier molecular flexibility index (Phi) is 7.59. The number of carbonyl (C=O) groups is 1. The van der Waals surface area contributed by atoms with Crippen molar-refractivity contribution in [3.8, 4) is 5.75 Å². The minimum atomic E-state index is -0.979. The SMILES string of the molecule is CCCCC(C)(C)C(O)/C=C/[C@H]1[C@@H](Cc2ccc(OCC(=O)O)cc2)[C@H]2CC[C@@H]1O2. The molecule has 2 aliphatic heterocycles. The molecule has 166 valence electrons. The highest BCUT2D eigenvalue weighted by molar-refractivity contribution is 5.68. The van der Waals surface area contributed by atoms with Crippen molar-refractivity contribution in [1.82, 2.24) is 0 Å². The Hall–Kier alpha value is -1.85. The standard InChI is InChI=1S/C25H36O5/c1-4-5-14-25(2,3)23(26)13-10-19-20(22-12-11-21(19)30-22)15-17-6-8-18(9-7-17)29-16-24(27)28/h6-10,13,19-23,26H,4-5,11-12,14-16H2,1-3H3,(H,27,28)/b13-10+/t19-,20+,21-,22+,23?/m0/s1. The maximum Gasteiger partial charge on any atom is 0.341 e. The first-order valence-electron chi connectivity index (χ1n) is 11.3. The number of aliphatic hydroxyl groups is 1. The van der Waals surface area contributed by atoms with E-state index in [0.29, 0.717) is 17.6 Å². The summed E-state index contributed by atoms with van der Waals surface area (Å²) < 4.78 is 11.4.